The van der Waals surface area contributed by atoms with Gasteiger partial charge in [-0.15, -0.1) is 0 Å². The third-order valence-electron chi connectivity index (χ3n) is 10.2. The van der Waals surface area contributed by atoms with Gasteiger partial charge in [0.15, 0.2) is 11.5 Å². The molecule has 4 aliphatic heterocycles. The number of hydrogen-bond donors (Lipinski definition) is 1. The summed E-state index contributed by atoms with van der Waals surface area (Å²) < 4.78 is 23.6. The van der Waals surface area contributed by atoms with E-state index in [-0.39, 0.29) is 37.3 Å². The summed E-state index contributed by atoms with van der Waals surface area (Å²) in [5.74, 6) is 1.57. The fraction of sp³-hybridized carbons (Fsp3) is 0.389. The molecule has 4 aliphatic rings. The smallest absolute Gasteiger partial charge is 0.330 e. The summed E-state index contributed by atoms with van der Waals surface area (Å²) in [6.45, 7) is 6.00. The minimum absolute atomic E-state index is 0.0237. The van der Waals surface area contributed by atoms with Crippen molar-refractivity contribution < 1.29 is 28.8 Å². The lowest BCUT2D eigenvalue weighted by molar-refractivity contribution is -0.143. The van der Waals surface area contributed by atoms with Crippen molar-refractivity contribution in [3.05, 3.63) is 87.0 Å². The number of likely N-dealkylation sites (N-methyl/N-ethyl adjacent to an activating group) is 1. The highest BCUT2D eigenvalue weighted by atomic mass is 16.7. The van der Waals surface area contributed by atoms with Gasteiger partial charge < -0.3 is 24.1 Å². The number of aromatic hydroxyl groups is 1. The van der Waals surface area contributed by atoms with Crippen LogP contribution in [0.1, 0.15) is 56.6 Å². The Morgan fingerprint density at radius 1 is 1.09 bits per heavy atom. The van der Waals surface area contributed by atoms with E-state index in [1.807, 2.05) is 37.3 Å². The third kappa shape index (κ3) is 4.46. The summed E-state index contributed by atoms with van der Waals surface area (Å²) in [7, 11) is 3.79. The summed E-state index contributed by atoms with van der Waals surface area (Å²) in [5, 5.41) is 22.4. The Bertz CT molecular complexity index is 1760. The summed E-state index contributed by atoms with van der Waals surface area (Å²) in [6, 6.07) is 12.9. The van der Waals surface area contributed by atoms with Crippen LogP contribution >= 0.6 is 0 Å². The predicted molar refractivity (Wildman–Crippen MR) is 167 cm³/mol. The minimum atomic E-state index is -0.549. The zero-order valence-electron chi connectivity index (χ0n) is 26.2. The first-order valence-electron chi connectivity index (χ1n) is 15.3. The van der Waals surface area contributed by atoms with Crippen LogP contribution in [0.15, 0.2) is 42.5 Å². The number of aryl methyl sites for hydroxylation is 1. The van der Waals surface area contributed by atoms with E-state index in [1.165, 1.54) is 17.2 Å². The topological polar surface area (TPSA) is 104 Å². The number of phenols is 1. The molecule has 0 saturated carbocycles. The monoisotopic (exact) mass is 607 g/mol. The van der Waals surface area contributed by atoms with Crippen LogP contribution in [0.5, 0.6) is 23.0 Å². The largest absolute Gasteiger partial charge is 0.507 e. The van der Waals surface area contributed by atoms with Gasteiger partial charge in [0.1, 0.15) is 24.1 Å². The zero-order chi connectivity index (χ0) is 31.6. The van der Waals surface area contributed by atoms with Gasteiger partial charge in [-0.25, -0.2) is 4.79 Å². The van der Waals surface area contributed by atoms with Crippen LogP contribution in [0.4, 0.5) is 0 Å². The van der Waals surface area contributed by atoms with E-state index in [2.05, 4.69) is 42.8 Å². The molecule has 9 nitrogen and oxygen atoms in total. The van der Waals surface area contributed by atoms with E-state index in [0.717, 1.165) is 33.6 Å². The van der Waals surface area contributed by atoms with Crippen LogP contribution < -0.4 is 14.2 Å². The second-order valence-corrected chi connectivity index (χ2v) is 12.4. The highest BCUT2D eigenvalue weighted by Gasteiger charge is 2.56. The van der Waals surface area contributed by atoms with Gasteiger partial charge in [-0.05, 0) is 74.6 Å². The van der Waals surface area contributed by atoms with E-state index in [1.54, 1.807) is 13.2 Å². The van der Waals surface area contributed by atoms with Crippen LogP contribution in [0.2, 0.25) is 0 Å². The maximum absolute atomic E-state index is 13.1. The molecule has 0 radical (unpaired) electrons. The molecule has 2 bridgehead atoms. The van der Waals surface area contributed by atoms with Gasteiger partial charge in [-0.3, -0.25) is 9.80 Å². The lowest BCUT2D eigenvalue weighted by atomic mass is 9.71. The number of nitrogens with zero attached hydrogens (tertiary/aromatic N) is 3. The Morgan fingerprint density at radius 3 is 2.58 bits per heavy atom. The van der Waals surface area contributed by atoms with Crippen LogP contribution in [-0.2, 0) is 22.4 Å². The van der Waals surface area contributed by atoms with Gasteiger partial charge >= 0.3 is 5.97 Å². The lowest BCUT2D eigenvalue weighted by Gasteiger charge is -2.60. The molecule has 45 heavy (non-hydrogen) atoms. The predicted octanol–water partition coefficient (Wildman–Crippen LogP) is 5.08. The molecular formula is C36H37N3O6. The molecule has 9 heteroatoms. The number of methoxy groups -OCH3 is 1. The van der Waals surface area contributed by atoms with Crippen molar-refractivity contribution in [3.8, 4) is 29.1 Å². The highest BCUT2D eigenvalue weighted by Crippen LogP contribution is 2.57. The van der Waals surface area contributed by atoms with E-state index >= 15 is 0 Å². The first-order valence-corrected chi connectivity index (χ1v) is 15.3. The van der Waals surface area contributed by atoms with E-state index in [4.69, 9.17) is 18.9 Å². The highest BCUT2D eigenvalue weighted by molar-refractivity contribution is 5.87. The van der Waals surface area contributed by atoms with Crippen molar-refractivity contribution in [1.29, 1.82) is 5.26 Å². The number of ether oxygens (including phenoxy) is 4. The molecule has 0 amide bonds. The third-order valence-corrected chi connectivity index (χ3v) is 10.2. The minimum Gasteiger partial charge on any atom is -0.507 e. The van der Waals surface area contributed by atoms with Crippen LogP contribution in [0.25, 0.3) is 6.08 Å². The van der Waals surface area contributed by atoms with E-state index in [9.17, 15) is 15.2 Å². The number of phenolic OH excluding ortho intramolecular Hbond substituents is 1. The molecule has 3 aromatic carbocycles. The van der Waals surface area contributed by atoms with Crippen molar-refractivity contribution in [2.75, 3.05) is 27.6 Å². The van der Waals surface area contributed by atoms with Crippen molar-refractivity contribution in [2.24, 2.45) is 0 Å². The van der Waals surface area contributed by atoms with Gasteiger partial charge in [0.05, 0.1) is 25.3 Å². The van der Waals surface area contributed by atoms with Crippen LogP contribution in [0, 0.1) is 32.1 Å². The van der Waals surface area contributed by atoms with Crippen molar-refractivity contribution in [3.63, 3.8) is 0 Å². The fourth-order valence-electron chi connectivity index (χ4n) is 8.28. The standard InChI is InChI=1S/C36H37N3O6/c1-19-13-23-14-25-27(16-37)39-26(32(38(25)4)30(23)20(2)34(19)42-5)15-24-31(36-35(44-18-45-36)21(3)33(24)41)28(39)17-43-29(40)12-11-22-9-7-6-8-10-22/h6-13,25-28,32,41H,14-15,17-18H2,1-5H3/b12-11+/t25-,26?,27+,28+,32+/m1/s1. The SMILES string of the molecule is COc1c(C)cc2c(c1C)[C@@H]1C3Cc4c(O)c(C)c5c(c4[C@H](COC(=O)/C=C/c4ccccc4)N3[C@@H](C#N)[C@@H](C2)N1C)OCO5. The number of nitriles is 1. The number of carbonyl (C=O) groups is 1. The average molecular weight is 608 g/mol. The van der Waals surface area contributed by atoms with Gasteiger partial charge in [-0.1, -0.05) is 36.4 Å². The number of rotatable bonds is 5. The van der Waals surface area contributed by atoms with Gasteiger partial charge in [-0.2, -0.15) is 5.26 Å². The van der Waals surface area contributed by atoms with Crippen LogP contribution in [0.3, 0.4) is 0 Å². The first-order chi connectivity index (χ1) is 21.7. The molecule has 4 heterocycles. The Kier molecular flexibility index (Phi) is 7.22. The summed E-state index contributed by atoms with van der Waals surface area (Å²) in [6.07, 6.45) is 4.32. The molecule has 7 rings (SSSR count). The van der Waals surface area contributed by atoms with Crippen molar-refractivity contribution in [2.45, 2.75) is 63.8 Å². The Hall–Kier alpha value is -4.52. The average Bonchev–Trinajstić information content (AvgIpc) is 3.53. The first kappa shape index (κ1) is 29.2. The Balaban J connectivity index is 1.36. The summed E-state index contributed by atoms with van der Waals surface area (Å²) >= 11 is 0. The van der Waals surface area contributed by atoms with Crippen LogP contribution in [-0.4, -0.2) is 66.6 Å². The molecule has 1 saturated heterocycles. The molecule has 232 valence electrons. The number of fused-ring (bicyclic) bond motifs is 9. The van der Waals surface area contributed by atoms with Gasteiger partial charge in [0.25, 0.3) is 0 Å². The maximum atomic E-state index is 13.1. The molecule has 1 fully saturated rings. The van der Waals surface area contributed by atoms with Gasteiger partial charge in [0.2, 0.25) is 6.79 Å². The zero-order valence-corrected chi connectivity index (χ0v) is 26.2. The summed E-state index contributed by atoms with van der Waals surface area (Å²) in [5.41, 5.74) is 7.56. The lowest BCUT2D eigenvalue weighted by Crippen LogP contribution is -2.68. The second kappa shape index (κ2) is 11.1. The molecule has 0 aliphatic carbocycles. The molecule has 1 N–H and O–H groups in total. The van der Waals surface area contributed by atoms with Gasteiger partial charge in [0, 0.05) is 34.9 Å². The fourth-order valence-corrected chi connectivity index (χ4v) is 8.28. The van der Waals surface area contributed by atoms with Crippen molar-refractivity contribution in [1.82, 2.24) is 9.80 Å². The summed E-state index contributed by atoms with van der Waals surface area (Å²) in [4.78, 5) is 17.6. The normalized spacial score (nSPS) is 24.8. The molecule has 3 aromatic rings. The molecule has 0 spiro atoms. The quantitative estimate of drug-likeness (QED) is 0.314. The van der Waals surface area contributed by atoms with Crippen molar-refractivity contribution >= 4 is 12.0 Å². The molecular weight excluding hydrogens is 570 g/mol. The van der Waals surface area contributed by atoms with E-state index < -0.39 is 18.1 Å². The number of carbonyl (C=O) groups excluding carboxylic acids is 1. The molecule has 0 aromatic heterocycles. The number of benzene rings is 3. The number of hydrogen-bond acceptors (Lipinski definition) is 9. The molecule has 5 atom stereocenters. The Morgan fingerprint density at radius 2 is 1.84 bits per heavy atom. The number of piperazine rings is 1. The molecule has 1 unspecified atom stereocenters. The Labute approximate surface area is 263 Å². The van der Waals surface area contributed by atoms with E-state index in [0.29, 0.717) is 29.9 Å². The number of esters is 1. The second-order valence-electron chi connectivity index (χ2n) is 12.4. The maximum Gasteiger partial charge on any atom is 0.330 e.